The van der Waals surface area contributed by atoms with Crippen molar-refractivity contribution < 1.29 is 9.84 Å². The van der Waals surface area contributed by atoms with Crippen LogP contribution < -0.4 is 4.74 Å². The van der Waals surface area contributed by atoms with Crippen LogP contribution >= 0.6 is 0 Å². The van der Waals surface area contributed by atoms with Crippen molar-refractivity contribution in [2.45, 2.75) is 6.61 Å². The molecule has 0 saturated carbocycles. The van der Waals surface area contributed by atoms with E-state index in [1.54, 1.807) is 19.4 Å². The van der Waals surface area contributed by atoms with Crippen molar-refractivity contribution in [3.05, 3.63) is 42.2 Å². The van der Waals surface area contributed by atoms with E-state index < -0.39 is 0 Å². The van der Waals surface area contributed by atoms with Gasteiger partial charge >= 0.3 is 0 Å². The molecule has 4 heteroatoms. The zero-order valence-corrected chi connectivity index (χ0v) is 8.92. The molecule has 0 atom stereocenters. The maximum Gasteiger partial charge on any atom is 0.159 e. The predicted octanol–water partition coefficient (Wildman–Crippen LogP) is 1.64. The van der Waals surface area contributed by atoms with Crippen LogP contribution in [0.25, 0.3) is 11.4 Å². The van der Waals surface area contributed by atoms with Gasteiger partial charge in [0.25, 0.3) is 0 Å². The summed E-state index contributed by atoms with van der Waals surface area (Å²) < 4.78 is 5.13. The normalized spacial score (nSPS) is 10.1. The van der Waals surface area contributed by atoms with E-state index in [4.69, 9.17) is 9.84 Å². The highest BCUT2D eigenvalue weighted by molar-refractivity contribution is 5.57. The Balaban J connectivity index is 2.41. The predicted molar refractivity (Wildman–Crippen MR) is 59.9 cm³/mol. The molecule has 0 bridgehead atoms. The third-order valence-corrected chi connectivity index (χ3v) is 2.20. The van der Waals surface area contributed by atoms with Crippen molar-refractivity contribution in [1.82, 2.24) is 9.97 Å². The Bertz CT molecular complexity index is 440. The Kier molecular flexibility index (Phi) is 3.12. The zero-order valence-electron chi connectivity index (χ0n) is 8.92. The topological polar surface area (TPSA) is 55.2 Å². The molecule has 1 aromatic heterocycles. The van der Waals surface area contributed by atoms with Gasteiger partial charge in [0.2, 0.25) is 0 Å². The third kappa shape index (κ3) is 2.17. The summed E-state index contributed by atoms with van der Waals surface area (Å²) in [5, 5.41) is 8.99. The van der Waals surface area contributed by atoms with Crippen LogP contribution in [0.1, 0.15) is 5.69 Å². The van der Waals surface area contributed by atoms with Crippen LogP contribution in [0.15, 0.2) is 36.5 Å². The van der Waals surface area contributed by atoms with Crippen molar-refractivity contribution in [3.63, 3.8) is 0 Å². The quantitative estimate of drug-likeness (QED) is 0.847. The SMILES string of the molecule is COc1cccc(-c2nccc(CO)n2)c1. The van der Waals surface area contributed by atoms with E-state index in [1.165, 1.54) is 0 Å². The van der Waals surface area contributed by atoms with Crippen molar-refractivity contribution in [1.29, 1.82) is 0 Å². The summed E-state index contributed by atoms with van der Waals surface area (Å²) in [7, 11) is 1.62. The molecule has 0 radical (unpaired) electrons. The van der Waals surface area contributed by atoms with Gasteiger partial charge in [0.15, 0.2) is 5.82 Å². The summed E-state index contributed by atoms with van der Waals surface area (Å²) in [5.74, 6) is 1.35. The van der Waals surface area contributed by atoms with E-state index in [0.717, 1.165) is 11.3 Å². The van der Waals surface area contributed by atoms with E-state index in [9.17, 15) is 0 Å². The van der Waals surface area contributed by atoms with E-state index in [-0.39, 0.29) is 6.61 Å². The second kappa shape index (κ2) is 4.72. The number of aliphatic hydroxyl groups excluding tert-OH is 1. The lowest BCUT2D eigenvalue weighted by Gasteiger charge is -2.04. The minimum atomic E-state index is -0.0838. The number of hydrogen-bond donors (Lipinski definition) is 1. The number of methoxy groups -OCH3 is 1. The number of hydrogen-bond acceptors (Lipinski definition) is 4. The molecule has 0 saturated heterocycles. The second-order valence-corrected chi connectivity index (χ2v) is 3.26. The highest BCUT2D eigenvalue weighted by atomic mass is 16.5. The molecular weight excluding hydrogens is 204 g/mol. The van der Waals surface area contributed by atoms with Crippen LogP contribution in [0.3, 0.4) is 0 Å². The average molecular weight is 216 g/mol. The smallest absolute Gasteiger partial charge is 0.159 e. The Morgan fingerprint density at radius 1 is 1.31 bits per heavy atom. The van der Waals surface area contributed by atoms with Gasteiger partial charge in [-0.2, -0.15) is 0 Å². The van der Waals surface area contributed by atoms with Gasteiger partial charge in [-0.25, -0.2) is 9.97 Å². The number of aromatic nitrogens is 2. The van der Waals surface area contributed by atoms with E-state index in [1.807, 2.05) is 24.3 Å². The minimum Gasteiger partial charge on any atom is -0.497 e. The van der Waals surface area contributed by atoms with E-state index in [2.05, 4.69) is 9.97 Å². The van der Waals surface area contributed by atoms with Gasteiger partial charge < -0.3 is 9.84 Å². The average Bonchev–Trinajstić information content (AvgIpc) is 2.39. The fraction of sp³-hybridized carbons (Fsp3) is 0.167. The van der Waals surface area contributed by atoms with Gasteiger partial charge in [0, 0.05) is 11.8 Å². The first-order valence-corrected chi connectivity index (χ1v) is 4.90. The van der Waals surface area contributed by atoms with Crippen LogP contribution in [0.2, 0.25) is 0 Å². The van der Waals surface area contributed by atoms with E-state index >= 15 is 0 Å². The summed E-state index contributed by atoms with van der Waals surface area (Å²) in [5.41, 5.74) is 1.47. The summed E-state index contributed by atoms with van der Waals surface area (Å²) in [4.78, 5) is 8.38. The lowest BCUT2D eigenvalue weighted by molar-refractivity contribution is 0.277. The molecule has 1 N–H and O–H groups in total. The standard InChI is InChI=1S/C12H12N2O2/c1-16-11-4-2-3-9(7-11)12-13-6-5-10(8-15)14-12/h2-7,15H,8H2,1H3. The summed E-state index contributed by atoms with van der Waals surface area (Å²) >= 11 is 0. The highest BCUT2D eigenvalue weighted by Gasteiger charge is 2.03. The lowest BCUT2D eigenvalue weighted by Crippen LogP contribution is -1.94. The molecule has 16 heavy (non-hydrogen) atoms. The molecule has 0 aliphatic heterocycles. The number of rotatable bonds is 3. The molecule has 0 unspecified atom stereocenters. The van der Waals surface area contributed by atoms with Crippen molar-refractivity contribution in [3.8, 4) is 17.1 Å². The molecule has 82 valence electrons. The number of ether oxygens (including phenoxy) is 1. The Hall–Kier alpha value is -1.94. The molecule has 0 aliphatic carbocycles. The molecular formula is C12H12N2O2. The fourth-order valence-corrected chi connectivity index (χ4v) is 1.39. The maximum absolute atomic E-state index is 8.99. The monoisotopic (exact) mass is 216 g/mol. The Morgan fingerprint density at radius 3 is 2.94 bits per heavy atom. The first-order valence-electron chi connectivity index (χ1n) is 4.90. The molecule has 2 rings (SSSR count). The molecule has 0 spiro atoms. The summed E-state index contributed by atoms with van der Waals surface area (Å²) in [6, 6.07) is 9.18. The molecule has 0 amide bonds. The van der Waals surface area contributed by atoms with Gasteiger partial charge in [0.1, 0.15) is 5.75 Å². The Morgan fingerprint density at radius 2 is 2.19 bits per heavy atom. The highest BCUT2D eigenvalue weighted by Crippen LogP contribution is 2.20. The van der Waals surface area contributed by atoms with Crippen LogP contribution in [0.4, 0.5) is 0 Å². The largest absolute Gasteiger partial charge is 0.497 e. The zero-order chi connectivity index (χ0) is 11.4. The first-order chi connectivity index (χ1) is 7.83. The van der Waals surface area contributed by atoms with Crippen LogP contribution in [-0.2, 0) is 6.61 Å². The molecule has 1 heterocycles. The maximum atomic E-state index is 8.99. The van der Waals surface area contributed by atoms with Crippen LogP contribution in [-0.4, -0.2) is 22.2 Å². The number of aliphatic hydroxyl groups is 1. The van der Waals surface area contributed by atoms with Gasteiger partial charge in [-0.15, -0.1) is 0 Å². The molecule has 4 nitrogen and oxygen atoms in total. The van der Waals surface area contributed by atoms with Gasteiger partial charge in [-0.3, -0.25) is 0 Å². The van der Waals surface area contributed by atoms with Gasteiger partial charge in [-0.05, 0) is 18.2 Å². The van der Waals surface area contributed by atoms with Crippen LogP contribution in [0.5, 0.6) is 5.75 Å². The molecule has 0 fully saturated rings. The third-order valence-electron chi connectivity index (χ3n) is 2.20. The first kappa shape index (κ1) is 10.6. The summed E-state index contributed by atoms with van der Waals surface area (Å²) in [6.07, 6.45) is 1.63. The molecule has 0 aliphatic rings. The minimum absolute atomic E-state index is 0.0838. The van der Waals surface area contributed by atoms with Crippen LogP contribution in [0, 0.1) is 0 Å². The summed E-state index contributed by atoms with van der Waals surface area (Å²) in [6.45, 7) is -0.0838. The lowest BCUT2D eigenvalue weighted by atomic mass is 10.2. The number of benzene rings is 1. The van der Waals surface area contributed by atoms with Gasteiger partial charge in [0.05, 0.1) is 19.4 Å². The molecule has 1 aromatic carbocycles. The van der Waals surface area contributed by atoms with E-state index in [0.29, 0.717) is 11.5 Å². The van der Waals surface area contributed by atoms with Crippen molar-refractivity contribution in [2.24, 2.45) is 0 Å². The Labute approximate surface area is 93.6 Å². The van der Waals surface area contributed by atoms with Gasteiger partial charge in [-0.1, -0.05) is 12.1 Å². The fourth-order valence-electron chi connectivity index (χ4n) is 1.39. The number of nitrogens with zero attached hydrogens (tertiary/aromatic N) is 2. The molecule has 2 aromatic rings. The van der Waals surface area contributed by atoms with Crippen molar-refractivity contribution in [2.75, 3.05) is 7.11 Å². The second-order valence-electron chi connectivity index (χ2n) is 3.26. The van der Waals surface area contributed by atoms with Crippen molar-refractivity contribution >= 4 is 0 Å².